The predicted molar refractivity (Wildman–Crippen MR) is 92.8 cm³/mol. The number of fused-ring (bicyclic) bond motifs is 5. The number of aromatic nitrogens is 2. The van der Waals surface area contributed by atoms with Gasteiger partial charge in [0.25, 0.3) is 0 Å². The van der Waals surface area contributed by atoms with Gasteiger partial charge in [0, 0.05) is 11.1 Å². The van der Waals surface area contributed by atoms with E-state index in [0.29, 0.717) is 12.1 Å². The molecule has 25 heavy (non-hydrogen) atoms. The lowest BCUT2D eigenvalue weighted by molar-refractivity contribution is 0.212. The van der Waals surface area contributed by atoms with Crippen molar-refractivity contribution in [1.29, 1.82) is 5.41 Å². The topological polar surface area (TPSA) is 49.6 Å². The van der Waals surface area contributed by atoms with Crippen molar-refractivity contribution in [3.05, 3.63) is 47.2 Å². The lowest BCUT2D eigenvalue weighted by Gasteiger charge is -2.37. The summed E-state index contributed by atoms with van der Waals surface area (Å²) in [5.41, 5.74) is 2.49. The van der Waals surface area contributed by atoms with Crippen LogP contribution in [0, 0.1) is 22.5 Å². The molecule has 0 unspecified atom stereocenters. The Balaban J connectivity index is 1.90. The molecule has 0 spiro atoms. The first-order chi connectivity index (χ1) is 11.8. The molecule has 4 rings (SSSR count). The Morgan fingerprint density at radius 1 is 1.24 bits per heavy atom. The molecule has 1 aromatic carbocycles. The molecule has 1 N–H and O–H groups in total. The molecular formula is C20H21F2N3. The summed E-state index contributed by atoms with van der Waals surface area (Å²) in [7, 11) is 0. The average molecular weight is 341 g/mol. The number of halogens is 2. The summed E-state index contributed by atoms with van der Waals surface area (Å²) in [6.07, 6.45) is 2.65. The van der Waals surface area contributed by atoms with Crippen LogP contribution < -0.4 is 0 Å². The SMILES string of the molecule is CC(=N)C[C@@]12CC[C@@H](c3cc(-c4c(F)cccc4F)nnc31)C2(C)C. The molecule has 0 amide bonds. The summed E-state index contributed by atoms with van der Waals surface area (Å²) in [5, 5.41) is 16.6. The Morgan fingerprint density at radius 3 is 2.56 bits per heavy atom. The van der Waals surface area contributed by atoms with Crippen molar-refractivity contribution in [3.63, 3.8) is 0 Å². The maximum Gasteiger partial charge on any atom is 0.135 e. The monoisotopic (exact) mass is 341 g/mol. The zero-order valence-corrected chi connectivity index (χ0v) is 14.7. The van der Waals surface area contributed by atoms with Gasteiger partial charge in [0.05, 0.1) is 17.0 Å². The molecule has 2 aromatic rings. The van der Waals surface area contributed by atoms with Crippen LogP contribution in [0.2, 0.25) is 0 Å². The molecular weight excluding hydrogens is 320 g/mol. The van der Waals surface area contributed by atoms with E-state index in [-0.39, 0.29) is 28.0 Å². The van der Waals surface area contributed by atoms with Crippen molar-refractivity contribution in [2.75, 3.05) is 0 Å². The fraction of sp³-hybridized carbons (Fsp3) is 0.450. The summed E-state index contributed by atoms with van der Waals surface area (Å²) < 4.78 is 28.3. The van der Waals surface area contributed by atoms with E-state index >= 15 is 0 Å². The number of nitrogens with one attached hydrogen (secondary N) is 1. The summed E-state index contributed by atoms with van der Waals surface area (Å²) in [4.78, 5) is 0. The highest BCUT2D eigenvalue weighted by atomic mass is 19.1. The molecule has 1 fully saturated rings. The van der Waals surface area contributed by atoms with Crippen LogP contribution in [0.3, 0.4) is 0 Å². The van der Waals surface area contributed by atoms with Crippen LogP contribution in [0.15, 0.2) is 24.3 Å². The molecule has 2 aliphatic rings. The average Bonchev–Trinajstić information content (AvgIpc) is 2.87. The Labute approximate surface area is 146 Å². The number of hydrogen-bond acceptors (Lipinski definition) is 3. The van der Waals surface area contributed by atoms with E-state index in [2.05, 4.69) is 24.0 Å². The summed E-state index contributed by atoms with van der Waals surface area (Å²) in [6.45, 7) is 6.27. The van der Waals surface area contributed by atoms with Gasteiger partial charge < -0.3 is 5.41 Å². The van der Waals surface area contributed by atoms with Gasteiger partial charge in [0.2, 0.25) is 0 Å². The maximum atomic E-state index is 14.1. The lowest BCUT2D eigenvalue weighted by Crippen LogP contribution is -2.37. The summed E-state index contributed by atoms with van der Waals surface area (Å²) in [6, 6.07) is 5.64. The van der Waals surface area contributed by atoms with Crippen molar-refractivity contribution in [3.8, 4) is 11.3 Å². The van der Waals surface area contributed by atoms with Gasteiger partial charge in [-0.2, -0.15) is 10.2 Å². The van der Waals surface area contributed by atoms with Crippen LogP contribution in [0.4, 0.5) is 8.78 Å². The van der Waals surface area contributed by atoms with Gasteiger partial charge >= 0.3 is 0 Å². The van der Waals surface area contributed by atoms with Crippen LogP contribution in [0.1, 0.15) is 57.2 Å². The fourth-order valence-corrected chi connectivity index (χ4v) is 5.14. The first-order valence-electron chi connectivity index (χ1n) is 8.64. The Morgan fingerprint density at radius 2 is 1.92 bits per heavy atom. The van der Waals surface area contributed by atoms with Crippen molar-refractivity contribution in [2.24, 2.45) is 5.41 Å². The second-order valence-corrected chi connectivity index (χ2v) is 7.98. The first-order valence-corrected chi connectivity index (χ1v) is 8.64. The largest absolute Gasteiger partial charge is 0.310 e. The minimum atomic E-state index is -0.623. The lowest BCUT2D eigenvalue weighted by atomic mass is 9.66. The van der Waals surface area contributed by atoms with Gasteiger partial charge in [-0.3, -0.25) is 0 Å². The van der Waals surface area contributed by atoms with Crippen molar-refractivity contribution >= 4 is 5.71 Å². The van der Waals surface area contributed by atoms with E-state index in [1.165, 1.54) is 18.2 Å². The Kier molecular flexibility index (Phi) is 3.37. The van der Waals surface area contributed by atoms with Crippen LogP contribution in [-0.2, 0) is 5.41 Å². The molecule has 2 bridgehead atoms. The molecule has 5 heteroatoms. The smallest absolute Gasteiger partial charge is 0.135 e. The van der Waals surface area contributed by atoms with Gasteiger partial charge in [0.15, 0.2) is 0 Å². The van der Waals surface area contributed by atoms with E-state index < -0.39 is 11.6 Å². The van der Waals surface area contributed by atoms with Gasteiger partial charge in [-0.1, -0.05) is 19.9 Å². The highest BCUT2D eigenvalue weighted by molar-refractivity contribution is 5.81. The zero-order chi connectivity index (χ0) is 18.0. The Bertz CT molecular complexity index is 870. The molecule has 130 valence electrons. The standard InChI is InChI=1S/C20H21F2N3/c1-11(23)10-20-8-7-13(19(20,2)3)12-9-16(24-25-18(12)20)17-14(21)5-4-6-15(17)22/h4-6,9,13,23H,7-8,10H2,1-3H3/t13-,20-/m0/s1. The summed E-state index contributed by atoms with van der Waals surface area (Å²) >= 11 is 0. The first kappa shape index (κ1) is 16.3. The van der Waals surface area contributed by atoms with Gasteiger partial charge in [0.1, 0.15) is 11.6 Å². The zero-order valence-electron chi connectivity index (χ0n) is 14.7. The molecule has 2 atom stereocenters. The third-order valence-corrected chi connectivity index (χ3v) is 6.40. The number of nitrogens with zero attached hydrogens (tertiary/aromatic N) is 2. The third kappa shape index (κ3) is 2.04. The van der Waals surface area contributed by atoms with Crippen LogP contribution >= 0.6 is 0 Å². The van der Waals surface area contributed by atoms with Gasteiger partial charge in [-0.25, -0.2) is 8.78 Å². The van der Waals surface area contributed by atoms with Crippen molar-refractivity contribution in [1.82, 2.24) is 10.2 Å². The van der Waals surface area contributed by atoms with E-state index in [9.17, 15) is 8.78 Å². The highest BCUT2D eigenvalue weighted by Crippen LogP contribution is 2.68. The van der Waals surface area contributed by atoms with Gasteiger partial charge in [-0.15, -0.1) is 0 Å². The minimum absolute atomic E-state index is 0.0429. The Hall–Kier alpha value is -2.17. The van der Waals surface area contributed by atoms with Crippen LogP contribution in [0.5, 0.6) is 0 Å². The highest BCUT2D eigenvalue weighted by Gasteiger charge is 2.63. The van der Waals surface area contributed by atoms with Crippen LogP contribution in [-0.4, -0.2) is 15.9 Å². The molecule has 1 heterocycles. The minimum Gasteiger partial charge on any atom is -0.310 e. The molecule has 0 saturated heterocycles. The number of benzene rings is 1. The second-order valence-electron chi connectivity index (χ2n) is 7.98. The third-order valence-electron chi connectivity index (χ3n) is 6.40. The van der Waals surface area contributed by atoms with E-state index in [0.717, 1.165) is 24.1 Å². The van der Waals surface area contributed by atoms with E-state index in [4.69, 9.17) is 5.41 Å². The predicted octanol–water partition coefficient (Wildman–Crippen LogP) is 5.01. The molecule has 1 aromatic heterocycles. The molecule has 0 aliphatic heterocycles. The summed E-state index contributed by atoms with van der Waals surface area (Å²) in [5.74, 6) is -0.964. The normalized spacial score (nSPS) is 25.9. The van der Waals surface area contributed by atoms with Crippen LogP contribution in [0.25, 0.3) is 11.3 Å². The molecule has 2 aliphatic carbocycles. The molecule has 3 nitrogen and oxygen atoms in total. The van der Waals surface area contributed by atoms with Crippen molar-refractivity contribution in [2.45, 2.75) is 51.4 Å². The molecule has 0 radical (unpaired) electrons. The number of hydrogen-bond donors (Lipinski definition) is 1. The van der Waals surface area contributed by atoms with E-state index in [1.54, 1.807) is 0 Å². The molecule has 1 saturated carbocycles. The number of rotatable bonds is 3. The second kappa shape index (κ2) is 5.16. The quantitative estimate of drug-likeness (QED) is 0.798. The van der Waals surface area contributed by atoms with E-state index in [1.807, 2.05) is 13.0 Å². The maximum absolute atomic E-state index is 14.1. The van der Waals surface area contributed by atoms with Gasteiger partial charge in [-0.05, 0) is 61.3 Å². The fourth-order valence-electron chi connectivity index (χ4n) is 5.14. The van der Waals surface area contributed by atoms with Crippen molar-refractivity contribution < 1.29 is 8.78 Å².